The van der Waals surface area contributed by atoms with E-state index in [0.29, 0.717) is 12.4 Å². The van der Waals surface area contributed by atoms with Crippen LogP contribution < -0.4 is 18.9 Å². The van der Waals surface area contributed by atoms with Gasteiger partial charge < -0.3 is 14.2 Å². The van der Waals surface area contributed by atoms with Gasteiger partial charge in [0.2, 0.25) is 10.0 Å². The molecule has 0 heterocycles. The molecule has 176 valence electrons. The molecule has 32 heavy (non-hydrogen) atoms. The van der Waals surface area contributed by atoms with Crippen molar-refractivity contribution < 1.29 is 27.4 Å². The maximum atomic E-state index is 11.8. The Kier molecular flexibility index (Phi) is 9.09. The van der Waals surface area contributed by atoms with Crippen molar-refractivity contribution in [1.82, 2.24) is 4.72 Å². The number of hydrogen-bond acceptors (Lipinski definition) is 6. The van der Waals surface area contributed by atoms with Crippen LogP contribution in [0.25, 0.3) is 0 Å². The van der Waals surface area contributed by atoms with E-state index < -0.39 is 10.0 Å². The number of ether oxygens (including phenoxy) is 3. The molecule has 2 rings (SSSR count). The van der Waals surface area contributed by atoms with Crippen LogP contribution in [-0.4, -0.2) is 47.3 Å². The summed E-state index contributed by atoms with van der Waals surface area (Å²) in [6.07, 6.45) is 3.08. The summed E-state index contributed by atoms with van der Waals surface area (Å²) in [5, 5.41) is 0. The third kappa shape index (κ3) is 7.53. The monoisotopic (exact) mass is 463 g/mol. The van der Waals surface area contributed by atoms with Crippen LogP contribution >= 0.6 is 0 Å². The lowest BCUT2D eigenvalue weighted by atomic mass is 9.77. The van der Waals surface area contributed by atoms with Gasteiger partial charge in [0, 0.05) is 17.0 Å². The lowest BCUT2D eigenvalue weighted by Crippen LogP contribution is -2.31. The van der Waals surface area contributed by atoms with Crippen LogP contribution in [0.15, 0.2) is 42.5 Å². The first kappa shape index (κ1) is 25.7. The third-order valence-electron chi connectivity index (χ3n) is 5.12. The topological polar surface area (TPSA) is 90.9 Å². The number of carbonyl (C=O) groups is 1. The van der Waals surface area contributed by atoms with Crippen LogP contribution in [0.2, 0.25) is 0 Å². The molecule has 1 N–H and O–H groups in total. The van der Waals surface area contributed by atoms with E-state index in [0.717, 1.165) is 41.7 Å². The van der Waals surface area contributed by atoms with Crippen LogP contribution in [0.1, 0.15) is 44.7 Å². The molecule has 0 atom stereocenters. The van der Waals surface area contributed by atoms with E-state index >= 15 is 0 Å². The van der Waals surface area contributed by atoms with Crippen molar-refractivity contribution in [2.45, 2.75) is 39.0 Å². The number of sulfonamides is 1. The Morgan fingerprint density at radius 2 is 1.69 bits per heavy atom. The molecule has 0 amide bonds. The number of Topliss-reactive ketones (excluding diaryl/α,β-unsaturated/α-hetero) is 1. The van der Waals surface area contributed by atoms with Crippen molar-refractivity contribution in [2.24, 2.45) is 0 Å². The summed E-state index contributed by atoms with van der Waals surface area (Å²) in [4.78, 5) is 11.8. The molecule has 0 spiro atoms. The molecule has 0 aliphatic carbocycles. The quantitative estimate of drug-likeness (QED) is 0.456. The average molecular weight is 464 g/mol. The van der Waals surface area contributed by atoms with Gasteiger partial charge in [-0.3, -0.25) is 4.79 Å². The lowest BCUT2D eigenvalue weighted by Gasteiger charge is -2.28. The van der Waals surface area contributed by atoms with Crippen LogP contribution in [0.3, 0.4) is 0 Å². The number of unbranched alkanes of at least 4 members (excludes halogenated alkanes) is 1. The molecule has 0 saturated carbocycles. The van der Waals surface area contributed by atoms with E-state index in [1.54, 1.807) is 19.2 Å². The van der Waals surface area contributed by atoms with Crippen molar-refractivity contribution in [3.63, 3.8) is 0 Å². The Balaban J connectivity index is 2.08. The summed E-state index contributed by atoms with van der Waals surface area (Å²) in [5.74, 6) is 1.72. The van der Waals surface area contributed by atoms with Crippen molar-refractivity contribution >= 4 is 15.8 Å². The zero-order valence-electron chi connectivity index (χ0n) is 19.4. The smallest absolute Gasteiger partial charge is 0.209 e. The molecule has 2 aromatic carbocycles. The zero-order valence-corrected chi connectivity index (χ0v) is 20.3. The lowest BCUT2D eigenvalue weighted by molar-refractivity contribution is -0.119. The molecule has 0 radical (unpaired) electrons. The Morgan fingerprint density at radius 1 is 1.03 bits per heavy atom. The Bertz CT molecular complexity index is 1000. The molecular formula is C24H33NO6S. The van der Waals surface area contributed by atoms with Gasteiger partial charge in [-0.2, -0.15) is 0 Å². The highest BCUT2D eigenvalue weighted by Crippen LogP contribution is 2.39. The molecule has 0 unspecified atom stereocenters. The minimum atomic E-state index is -3.41. The molecule has 0 saturated heterocycles. The molecule has 0 bridgehead atoms. The van der Waals surface area contributed by atoms with Gasteiger partial charge >= 0.3 is 0 Å². The second kappa shape index (κ2) is 11.3. The van der Waals surface area contributed by atoms with Crippen LogP contribution in [-0.2, 0) is 20.2 Å². The van der Waals surface area contributed by atoms with Gasteiger partial charge in [-0.15, -0.1) is 0 Å². The molecule has 8 heteroatoms. The number of nitrogens with one attached hydrogen (secondary N) is 1. The van der Waals surface area contributed by atoms with E-state index in [4.69, 9.17) is 14.2 Å². The van der Waals surface area contributed by atoms with Crippen LogP contribution in [0.4, 0.5) is 0 Å². The summed E-state index contributed by atoms with van der Waals surface area (Å²) in [5.41, 5.74) is 1.73. The minimum absolute atomic E-state index is 0.210. The first-order valence-electron chi connectivity index (χ1n) is 10.6. The van der Waals surface area contributed by atoms with Gasteiger partial charge in [-0.25, -0.2) is 13.1 Å². The van der Waals surface area contributed by atoms with Crippen molar-refractivity contribution in [2.75, 3.05) is 33.1 Å². The second-order valence-electron chi connectivity index (χ2n) is 8.13. The average Bonchev–Trinajstić information content (AvgIpc) is 2.76. The second-order valence-corrected chi connectivity index (χ2v) is 9.97. The van der Waals surface area contributed by atoms with Crippen LogP contribution in [0.5, 0.6) is 17.2 Å². The number of hydrogen-bond donors (Lipinski definition) is 1. The molecule has 2 aromatic rings. The highest BCUT2D eigenvalue weighted by Gasteiger charge is 2.27. The fourth-order valence-corrected chi connectivity index (χ4v) is 3.58. The van der Waals surface area contributed by atoms with E-state index in [1.165, 1.54) is 0 Å². The number of rotatable bonds is 13. The van der Waals surface area contributed by atoms with E-state index in [-0.39, 0.29) is 24.3 Å². The van der Waals surface area contributed by atoms with Gasteiger partial charge in [-0.1, -0.05) is 45.4 Å². The van der Waals surface area contributed by atoms with E-state index in [1.807, 2.05) is 30.3 Å². The summed E-state index contributed by atoms with van der Waals surface area (Å²) < 4.78 is 41.2. The van der Waals surface area contributed by atoms with Gasteiger partial charge in [-0.05, 0) is 30.2 Å². The summed E-state index contributed by atoms with van der Waals surface area (Å²) in [6, 6.07) is 13.4. The van der Waals surface area contributed by atoms with Crippen molar-refractivity contribution in [3.05, 3.63) is 53.6 Å². The SMILES string of the molecule is CCCCOc1ccc(C(C)(C)c2ccc(OCC(=O)CNS(C)(=O)=O)cc2)c(OC)c1. The maximum Gasteiger partial charge on any atom is 0.209 e. The number of carbonyl (C=O) groups excluding carboxylic acids is 1. The Morgan fingerprint density at radius 3 is 2.28 bits per heavy atom. The largest absolute Gasteiger partial charge is 0.496 e. The zero-order chi connectivity index (χ0) is 23.8. The van der Waals surface area contributed by atoms with Gasteiger partial charge in [0.15, 0.2) is 5.78 Å². The summed E-state index contributed by atoms with van der Waals surface area (Å²) >= 11 is 0. The first-order chi connectivity index (χ1) is 15.1. The van der Waals surface area contributed by atoms with Crippen molar-refractivity contribution in [3.8, 4) is 17.2 Å². The minimum Gasteiger partial charge on any atom is -0.496 e. The van der Waals surface area contributed by atoms with Gasteiger partial charge in [0.1, 0.15) is 23.9 Å². The molecule has 0 aromatic heterocycles. The maximum absolute atomic E-state index is 11.8. The molecule has 7 nitrogen and oxygen atoms in total. The number of benzene rings is 2. The predicted octanol–water partition coefficient (Wildman–Crippen LogP) is 3.70. The highest BCUT2D eigenvalue weighted by molar-refractivity contribution is 7.88. The van der Waals surface area contributed by atoms with E-state index in [9.17, 15) is 13.2 Å². The highest BCUT2D eigenvalue weighted by atomic mass is 32.2. The number of ketones is 1. The van der Waals surface area contributed by atoms with Crippen LogP contribution in [0, 0.1) is 0 Å². The fourth-order valence-electron chi connectivity index (χ4n) is 3.16. The first-order valence-corrected chi connectivity index (χ1v) is 12.5. The van der Waals surface area contributed by atoms with Gasteiger partial charge in [0.05, 0.1) is 26.5 Å². The van der Waals surface area contributed by atoms with Crippen molar-refractivity contribution in [1.29, 1.82) is 0 Å². The summed E-state index contributed by atoms with van der Waals surface area (Å²) in [6.45, 7) is 6.52. The van der Waals surface area contributed by atoms with E-state index in [2.05, 4.69) is 25.5 Å². The normalized spacial score (nSPS) is 11.8. The summed E-state index contributed by atoms with van der Waals surface area (Å²) in [7, 11) is -1.76. The molecule has 0 fully saturated rings. The predicted molar refractivity (Wildman–Crippen MR) is 125 cm³/mol. The third-order valence-corrected chi connectivity index (χ3v) is 5.79. The Labute approximate surface area is 191 Å². The standard InChI is InChI=1S/C24H33NO6S/c1-6-7-14-30-21-12-13-22(23(15-21)29-4)24(2,3)18-8-10-20(11-9-18)31-17-19(26)16-25-32(5,27)28/h8-13,15,25H,6-7,14,16-17H2,1-5H3. The molecular weight excluding hydrogens is 430 g/mol. The van der Waals surface area contributed by atoms with Gasteiger partial charge in [0.25, 0.3) is 0 Å². The Hall–Kier alpha value is -2.58. The molecule has 0 aliphatic rings. The fraction of sp³-hybridized carbons (Fsp3) is 0.458. The molecule has 0 aliphatic heterocycles. The number of methoxy groups -OCH3 is 1.